The van der Waals surface area contributed by atoms with Crippen molar-refractivity contribution in [2.24, 2.45) is 0 Å². The minimum absolute atomic E-state index is 1.72. The SMILES string of the molecule is OC(CSCC(F)(F)C(F)(F)C(F)(F)C(F)(F)C(F)(F)C(F)(F)F)(C(F)(F)F)C(F)(F)F. The summed E-state index contributed by atoms with van der Waals surface area (Å²) in [6, 6.07) is 0. The van der Waals surface area contributed by atoms with Crippen molar-refractivity contribution in [3.8, 4) is 0 Å². The van der Waals surface area contributed by atoms with E-state index in [4.69, 9.17) is 5.11 Å². The van der Waals surface area contributed by atoms with Gasteiger partial charge < -0.3 is 5.11 Å². The average molecular weight is 546 g/mol. The lowest BCUT2D eigenvalue weighted by Crippen LogP contribution is -2.70. The van der Waals surface area contributed by atoms with Crippen molar-refractivity contribution in [3.63, 3.8) is 0 Å². The van der Waals surface area contributed by atoms with Crippen LogP contribution in [0.2, 0.25) is 0 Å². The predicted octanol–water partition coefficient (Wildman–Crippen LogP) is 6.31. The van der Waals surface area contributed by atoms with Gasteiger partial charge in [-0.25, -0.2) is 0 Å². The van der Waals surface area contributed by atoms with Crippen LogP contribution in [0, 0.1) is 0 Å². The summed E-state index contributed by atoms with van der Waals surface area (Å²) in [6.45, 7) is 0. The van der Waals surface area contributed by atoms with Crippen LogP contribution in [0.3, 0.4) is 0 Å². The van der Waals surface area contributed by atoms with Gasteiger partial charge in [0.25, 0.3) is 5.60 Å². The van der Waals surface area contributed by atoms with E-state index in [1.54, 1.807) is 0 Å². The maximum atomic E-state index is 13.3. The minimum atomic E-state index is -8.27. The lowest BCUT2D eigenvalue weighted by Gasteiger charge is -2.40. The van der Waals surface area contributed by atoms with E-state index in [0.717, 1.165) is 0 Å². The fraction of sp³-hybridized carbons (Fsp3) is 1.00. The van der Waals surface area contributed by atoms with Crippen LogP contribution in [0.1, 0.15) is 0 Å². The lowest BCUT2D eigenvalue weighted by atomic mass is 9.94. The van der Waals surface area contributed by atoms with Crippen LogP contribution in [0.15, 0.2) is 0 Å². The highest BCUT2D eigenvalue weighted by Gasteiger charge is 2.90. The molecule has 0 aromatic carbocycles. The second-order valence-corrected chi connectivity index (χ2v) is 6.83. The van der Waals surface area contributed by atoms with Gasteiger partial charge in [-0.3, -0.25) is 0 Å². The van der Waals surface area contributed by atoms with E-state index in [-0.39, 0.29) is 0 Å². The molecule has 0 rings (SSSR count). The summed E-state index contributed by atoms with van der Waals surface area (Å²) < 4.78 is 240. The first-order chi connectivity index (χ1) is 13.5. The minimum Gasteiger partial charge on any atom is -0.373 e. The van der Waals surface area contributed by atoms with Crippen molar-refractivity contribution in [2.75, 3.05) is 11.5 Å². The van der Waals surface area contributed by atoms with E-state index in [2.05, 4.69) is 0 Å². The number of rotatable bonds is 8. The van der Waals surface area contributed by atoms with E-state index in [0.29, 0.717) is 0 Å². The fourth-order valence-corrected chi connectivity index (χ4v) is 2.71. The Morgan fingerprint density at radius 2 is 0.719 bits per heavy atom. The van der Waals surface area contributed by atoms with Gasteiger partial charge >= 0.3 is 48.1 Å². The Morgan fingerprint density at radius 3 is 1.00 bits per heavy atom. The van der Waals surface area contributed by atoms with E-state index in [1.165, 1.54) is 0 Å². The molecule has 1 N–H and O–H groups in total. The molecule has 0 aromatic rings. The maximum Gasteiger partial charge on any atom is 0.460 e. The van der Waals surface area contributed by atoms with Crippen LogP contribution < -0.4 is 0 Å². The highest BCUT2D eigenvalue weighted by molar-refractivity contribution is 7.99. The summed E-state index contributed by atoms with van der Waals surface area (Å²) in [6.07, 6.45) is -21.1. The third kappa shape index (κ3) is 4.63. The van der Waals surface area contributed by atoms with Crippen molar-refractivity contribution in [1.82, 2.24) is 0 Å². The molecule has 0 aliphatic rings. The van der Waals surface area contributed by atoms with Crippen LogP contribution in [0.25, 0.3) is 0 Å². The van der Waals surface area contributed by atoms with Crippen molar-refractivity contribution < 1.29 is 88.5 Å². The standard InChI is InChI=1S/C11H5F19OS/c12-4(13,2-32-1-3(31,9(22,23)24)10(25,26)27)5(14,15)6(16,17)7(18,19)8(20,21)11(28,29)30/h31H,1-2H2. The van der Waals surface area contributed by atoms with Gasteiger partial charge in [-0.05, 0) is 0 Å². The monoisotopic (exact) mass is 546 g/mol. The van der Waals surface area contributed by atoms with Gasteiger partial charge in [0.2, 0.25) is 0 Å². The first-order valence-corrected chi connectivity index (χ1v) is 8.00. The molecular formula is C11H5F19OS. The molecule has 0 aromatic heterocycles. The van der Waals surface area contributed by atoms with E-state index >= 15 is 0 Å². The predicted molar refractivity (Wildman–Crippen MR) is 65.2 cm³/mol. The highest BCUT2D eigenvalue weighted by atomic mass is 32.2. The summed E-state index contributed by atoms with van der Waals surface area (Å²) >= 11 is -1.72. The summed E-state index contributed by atoms with van der Waals surface area (Å²) in [5, 5.41) is 8.57. The molecule has 0 radical (unpaired) electrons. The van der Waals surface area contributed by atoms with Gasteiger partial charge in [0.15, 0.2) is 0 Å². The number of hydrogen-bond acceptors (Lipinski definition) is 2. The smallest absolute Gasteiger partial charge is 0.373 e. The number of aliphatic hydroxyl groups is 1. The number of hydrogen-bond donors (Lipinski definition) is 1. The second kappa shape index (κ2) is 8.03. The molecule has 0 bridgehead atoms. The Labute approximate surface area is 166 Å². The first kappa shape index (κ1) is 31.0. The van der Waals surface area contributed by atoms with Gasteiger partial charge in [-0.15, -0.1) is 0 Å². The highest BCUT2D eigenvalue weighted by Crippen LogP contribution is 2.60. The zero-order chi connectivity index (χ0) is 26.6. The first-order valence-electron chi connectivity index (χ1n) is 6.85. The van der Waals surface area contributed by atoms with E-state index in [1.807, 2.05) is 0 Å². The number of halogens is 19. The Kier molecular flexibility index (Phi) is 7.78. The largest absolute Gasteiger partial charge is 0.460 e. The van der Waals surface area contributed by atoms with Crippen LogP contribution in [0.5, 0.6) is 0 Å². The quantitative estimate of drug-likeness (QED) is 0.360. The third-order valence-electron chi connectivity index (χ3n) is 3.53. The molecule has 194 valence electrons. The molecule has 0 saturated carbocycles. The zero-order valence-electron chi connectivity index (χ0n) is 14.0. The summed E-state index contributed by atoms with van der Waals surface area (Å²) in [7, 11) is 0. The topological polar surface area (TPSA) is 20.2 Å². The summed E-state index contributed by atoms with van der Waals surface area (Å²) in [4.78, 5) is 0. The molecular weight excluding hydrogens is 541 g/mol. The van der Waals surface area contributed by atoms with Crippen molar-refractivity contribution in [3.05, 3.63) is 0 Å². The molecule has 0 unspecified atom stereocenters. The van der Waals surface area contributed by atoms with Crippen LogP contribution >= 0.6 is 11.8 Å². The van der Waals surface area contributed by atoms with Crippen LogP contribution in [0.4, 0.5) is 83.4 Å². The molecule has 32 heavy (non-hydrogen) atoms. The zero-order valence-corrected chi connectivity index (χ0v) is 14.8. The normalized spacial score (nSPS) is 16.5. The molecule has 0 atom stereocenters. The average Bonchev–Trinajstić information content (AvgIpc) is 2.50. The molecule has 21 heteroatoms. The Hall–Kier alpha value is -1.02. The van der Waals surface area contributed by atoms with Gasteiger partial charge in [0, 0.05) is 5.75 Å². The Bertz CT molecular complexity index is 642. The van der Waals surface area contributed by atoms with Crippen molar-refractivity contribution in [2.45, 2.75) is 53.7 Å². The van der Waals surface area contributed by atoms with Crippen LogP contribution in [-0.2, 0) is 0 Å². The second-order valence-electron chi connectivity index (χ2n) is 5.85. The Morgan fingerprint density at radius 1 is 0.406 bits per heavy atom. The van der Waals surface area contributed by atoms with Crippen molar-refractivity contribution >= 4 is 11.8 Å². The van der Waals surface area contributed by atoms with E-state index in [9.17, 15) is 83.4 Å². The summed E-state index contributed by atoms with van der Waals surface area (Å²) in [5.41, 5.74) is -5.91. The third-order valence-corrected chi connectivity index (χ3v) is 4.72. The van der Waals surface area contributed by atoms with Crippen molar-refractivity contribution in [1.29, 1.82) is 0 Å². The molecule has 0 saturated heterocycles. The van der Waals surface area contributed by atoms with E-state index < -0.39 is 77.0 Å². The van der Waals surface area contributed by atoms with Gasteiger partial charge in [-0.2, -0.15) is 95.2 Å². The van der Waals surface area contributed by atoms with Crippen LogP contribution in [-0.4, -0.2) is 70.4 Å². The molecule has 0 aliphatic carbocycles. The molecule has 0 aliphatic heterocycles. The molecule has 0 fully saturated rings. The van der Waals surface area contributed by atoms with Gasteiger partial charge in [-0.1, -0.05) is 0 Å². The van der Waals surface area contributed by atoms with Gasteiger partial charge in [0.05, 0.1) is 5.75 Å². The lowest BCUT2D eigenvalue weighted by molar-refractivity contribution is -0.438. The number of alkyl halides is 19. The Balaban J connectivity index is 6.03. The number of thioether (sulfide) groups is 1. The fourth-order valence-electron chi connectivity index (χ4n) is 1.54. The summed E-state index contributed by atoms with van der Waals surface area (Å²) in [5.74, 6) is -45.8. The maximum absolute atomic E-state index is 13.3. The molecule has 1 nitrogen and oxygen atoms in total. The van der Waals surface area contributed by atoms with Gasteiger partial charge in [0.1, 0.15) is 0 Å². The molecule has 0 spiro atoms. The molecule has 0 heterocycles. The molecule has 0 amide bonds.